The second kappa shape index (κ2) is 11.6. The summed E-state index contributed by atoms with van der Waals surface area (Å²) in [4.78, 5) is 17.3. The van der Waals surface area contributed by atoms with Gasteiger partial charge in [0.1, 0.15) is 5.82 Å². The van der Waals surface area contributed by atoms with Crippen LogP contribution in [0.25, 0.3) is 0 Å². The average Bonchev–Trinajstić information content (AvgIpc) is 2.85. The molecule has 0 unspecified atom stereocenters. The van der Waals surface area contributed by atoms with Gasteiger partial charge in [0.15, 0.2) is 0 Å². The standard InChI is InChI=1S/C27H36FN3O2/c1-30(25-12-17-33-18-13-25)24-10-15-31(16-11-24)26-7-5-22(6-8-26)20-27(32)29-14-9-21-3-2-4-23(28)19-21/h2-8,19,24-25H,9-18,20H2,1H3,(H,29,32). The summed E-state index contributed by atoms with van der Waals surface area (Å²) in [5.41, 5.74) is 3.14. The third kappa shape index (κ3) is 6.78. The summed E-state index contributed by atoms with van der Waals surface area (Å²) in [7, 11) is 2.29. The summed E-state index contributed by atoms with van der Waals surface area (Å²) in [6, 6.07) is 16.2. The van der Waals surface area contributed by atoms with Crippen molar-refractivity contribution in [2.45, 2.75) is 50.6 Å². The molecule has 1 amide bonds. The third-order valence-electron chi connectivity index (χ3n) is 7.10. The summed E-state index contributed by atoms with van der Waals surface area (Å²) in [6.45, 7) is 4.43. The molecule has 2 aliphatic rings. The maximum atomic E-state index is 13.2. The summed E-state index contributed by atoms with van der Waals surface area (Å²) < 4.78 is 18.8. The molecule has 2 aromatic carbocycles. The number of ether oxygens (including phenoxy) is 1. The van der Waals surface area contributed by atoms with E-state index >= 15 is 0 Å². The van der Waals surface area contributed by atoms with Crippen molar-refractivity contribution < 1.29 is 13.9 Å². The van der Waals surface area contributed by atoms with Gasteiger partial charge in [-0.1, -0.05) is 24.3 Å². The van der Waals surface area contributed by atoms with Gasteiger partial charge in [-0.15, -0.1) is 0 Å². The lowest BCUT2D eigenvalue weighted by Gasteiger charge is -2.42. The van der Waals surface area contributed by atoms with E-state index in [-0.39, 0.29) is 11.7 Å². The normalized spacial score (nSPS) is 18.0. The van der Waals surface area contributed by atoms with Crippen LogP contribution in [-0.2, 0) is 22.4 Å². The van der Waals surface area contributed by atoms with Crippen molar-refractivity contribution in [1.29, 1.82) is 0 Å². The maximum Gasteiger partial charge on any atom is 0.224 e. The molecule has 0 aliphatic carbocycles. The van der Waals surface area contributed by atoms with E-state index in [1.54, 1.807) is 6.07 Å². The Morgan fingerprint density at radius 2 is 1.73 bits per heavy atom. The van der Waals surface area contributed by atoms with E-state index in [0.29, 0.717) is 31.5 Å². The molecule has 2 heterocycles. The zero-order chi connectivity index (χ0) is 23.0. The van der Waals surface area contributed by atoms with Gasteiger partial charge in [0.2, 0.25) is 5.91 Å². The van der Waals surface area contributed by atoms with Crippen LogP contribution in [0.1, 0.15) is 36.8 Å². The summed E-state index contributed by atoms with van der Waals surface area (Å²) in [5.74, 6) is -0.245. The molecule has 6 heteroatoms. The number of nitrogens with zero attached hydrogens (tertiary/aromatic N) is 2. The first-order valence-corrected chi connectivity index (χ1v) is 12.2. The Labute approximate surface area is 196 Å². The summed E-state index contributed by atoms with van der Waals surface area (Å²) >= 11 is 0. The Bertz CT molecular complexity index is 890. The van der Waals surface area contributed by atoms with Crippen LogP contribution in [-0.4, -0.2) is 62.8 Å². The number of hydrogen-bond acceptors (Lipinski definition) is 4. The van der Waals surface area contributed by atoms with Crippen molar-refractivity contribution in [1.82, 2.24) is 10.2 Å². The van der Waals surface area contributed by atoms with Crippen molar-refractivity contribution in [2.75, 3.05) is 44.8 Å². The Morgan fingerprint density at radius 1 is 1.03 bits per heavy atom. The minimum absolute atomic E-state index is 0.00360. The van der Waals surface area contributed by atoms with E-state index < -0.39 is 0 Å². The van der Waals surface area contributed by atoms with Crippen molar-refractivity contribution >= 4 is 11.6 Å². The molecule has 4 rings (SSSR count). The van der Waals surface area contributed by atoms with Crippen LogP contribution in [0.2, 0.25) is 0 Å². The van der Waals surface area contributed by atoms with Gasteiger partial charge in [0.05, 0.1) is 6.42 Å². The summed E-state index contributed by atoms with van der Waals surface area (Å²) in [5, 5.41) is 2.94. The first-order chi connectivity index (χ1) is 16.1. The molecule has 2 saturated heterocycles. The zero-order valence-electron chi connectivity index (χ0n) is 19.6. The lowest BCUT2D eigenvalue weighted by molar-refractivity contribution is -0.120. The highest BCUT2D eigenvalue weighted by atomic mass is 19.1. The number of hydrogen-bond donors (Lipinski definition) is 1. The molecule has 0 saturated carbocycles. The molecule has 0 radical (unpaired) electrons. The van der Waals surface area contributed by atoms with E-state index in [0.717, 1.165) is 50.3 Å². The highest BCUT2D eigenvalue weighted by Gasteiger charge is 2.28. The second-order valence-corrected chi connectivity index (χ2v) is 9.30. The highest BCUT2D eigenvalue weighted by Crippen LogP contribution is 2.25. The molecule has 0 atom stereocenters. The number of carbonyl (C=O) groups excluding carboxylic acids is 1. The molecule has 0 spiro atoms. The van der Waals surface area contributed by atoms with Gasteiger partial charge in [-0.25, -0.2) is 4.39 Å². The van der Waals surface area contributed by atoms with Crippen LogP contribution in [0.5, 0.6) is 0 Å². The Hall–Kier alpha value is -2.44. The minimum atomic E-state index is -0.241. The van der Waals surface area contributed by atoms with Crippen LogP contribution < -0.4 is 10.2 Å². The molecule has 0 bridgehead atoms. The number of carbonyl (C=O) groups is 1. The third-order valence-corrected chi connectivity index (χ3v) is 7.10. The SMILES string of the molecule is CN(C1CCOCC1)C1CCN(c2ccc(CC(=O)NCCc3cccc(F)c3)cc2)CC1. The maximum absolute atomic E-state index is 13.2. The number of anilines is 1. The van der Waals surface area contributed by atoms with Crippen molar-refractivity contribution in [3.8, 4) is 0 Å². The number of amides is 1. The van der Waals surface area contributed by atoms with Crippen LogP contribution in [0.15, 0.2) is 48.5 Å². The quantitative estimate of drug-likeness (QED) is 0.660. The average molecular weight is 454 g/mol. The minimum Gasteiger partial charge on any atom is -0.381 e. The molecule has 2 fully saturated rings. The van der Waals surface area contributed by atoms with Gasteiger partial charge in [-0.05, 0) is 74.5 Å². The van der Waals surface area contributed by atoms with Crippen LogP contribution >= 0.6 is 0 Å². The number of nitrogens with one attached hydrogen (secondary N) is 1. The topological polar surface area (TPSA) is 44.8 Å². The van der Waals surface area contributed by atoms with Gasteiger partial charge in [-0.3, -0.25) is 4.79 Å². The smallest absolute Gasteiger partial charge is 0.224 e. The van der Waals surface area contributed by atoms with Gasteiger partial charge < -0.3 is 19.9 Å². The van der Waals surface area contributed by atoms with E-state index in [1.165, 1.54) is 30.7 Å². The molecular formula is C27H36FN3O2. The molecule has 33 heavy (non-hydrogen) atoms. The Balaban J connectivity index is 1.19. The van der Waals surface area contributed by atoms with E-state index in [9.17, 15) is 9.18 Å². The number of rotatable bonds is 8. The molecule has 178 valence electrons. The van der Waals surface area contributed by atoms with Crippen molar-refractivity contribution in [3.63, 3.8) is 0 Å². The first kappa shape index (κ1) is 23.7. The predicted molar refractivity (Wildman–Crippen MR) is 130 cm³/mol. The Morgan fingerprint density at radius 3 is 2.42 bits per heavy atom. The molecule has 2 aliphatic heterocycles. The van der Waals surface area contributed by atoms with E-state index in [4.69, 9.17) is 4.74 Å². The van der Waals surface area contributed by atoms with Gasteiger partial charge in [0.25, 0.3) is 0 Å². The van der Waals surface area contributed by atoms with Crippen LogP contribution in [0.4, 0.5) is 10.1 Å². The Kier molecular flexibility index (Phi) is 8.35. The molecule has 0 aromatic heterocycles. The molecular weight excluding hydrogens is 417 g/mol. The van der Waals surface area contributed by atoms with Gasteiger partial charge >= 0.3 is 0 Å². The fourth-order valence-electron chi connectivity index (χ4n) is 5.03. The number of piperidine rings is 1. The van der Waals surface area contributed by atoms with Crippen LogP contribution in [0, 0.1) is 5.82 Å². The largest absolute Gasteiger partial charge is 0.381 e. The lowest BCUT2D eigenvalue weighted by Crippen LogP contribution is -2.48. The van der Waals surface area contributed by atoms with Gasteiger partial charge in [-0.2, -0.15) is 0 Å². The summed E-state index contributed by atoms with van der Waals surface area (Å²) in [6.07, 6.45) is 5.66. The zero-order valence-corrected chi connectivity index (χ0v) is 19.6. The molecule has 2 aromatic rings. The second-order valence-electron chi connectivity index (χ2n) is 9.30. The lowest BCUT2D eigenvalue weighted by atomic mass is 9.98. The van der Waals surface area contributed by atoms with E-state index in [1.807, 2.05) is 6.07 Å². The highest BCUT2D eigenvalue weighted by molar-refractivity contribution is 5.78. The predicted octanol–water partition coefficient (Wildman–Crippen LogP) is 3.81. The van der Waals surface area contributed by atoms with E-state index in [2.05, 4.69) is 46.4 Å². The number of halogens is 1. The van der Waals surface area contributed by atoms with Crippen LogP contribution in [0.3, 0.4) is 0 Å². The van der Waals surface area contributed by atoms with Crippen molar-refractivity contribution in [2.24, 2.45) is 0 Å². The first-order valence-electron chi connectivity index (χ1n) is 12.2. The monoisotopic (exact) mass is 453 g/mol. The van der Waals surface area contributed by atoms with Gasteiger partial charge in [0, 0.05) is 50.6 Å². The van der Waals surface area contributed by atoms with Crippen molar-refractivity contribution in [3.05, 3.63) is 65.5 Å². The molecule has 5 nitrogen and oxygen atoms in total. The fraction of sp³-hybridized carbons (Fsp3) is 0.519. The number of benzene rings is 2. The molecule has 1 N–H and O–H groups in total. The fourth-order valence-corrected chi connectivity index (χ4v) is 5.03.